The number of nitrogens with zero attached hydrogens (tertiary/aromatic N) is 1. The lowest BCUT2D eigenvalue weighted by Crippen LogP contribution is -2.55. The molecule has 8 nitrogen and oxygen atoms in total. The first-order chi connectivity index (χ1) is 23.6. The lowest BCUT2D eigenvalue weighted by molar-refractivity contribution is -0.889. The van der Waals surface area contributed by atoms with E-state index < -0.39 is 18.1 Å². The predicted molar refractivity (Wildman–Crippen MR) is 199 cm³/mol. The Kier molecular flexibility index (Phi) is 29.9. The lowest BCUT2D eigenvalue weighted by atomic mass is 10.1. The minimum atomic E-state index is -1.14. The van der Waals surface area contributed by atoms with Crippen LogP contribution >= 0.6 is 0 Å². The van der Waals surface area contributed by atoms with Gasteiger partial charge < -0.3 is 28.6 Å². The average molecular weight is 686 g/mol. The zero-order valence-corrected chi connectivity index (χ0v) is 31.3. The number of hydrogen-bond donors (Lipinski definition) is 0. The van der Waals surface area contributed by atoms with Crippen molar-refractivity contribution in [2.24, 2.45) is 0 Å². The van der Waals surface area contributed by atoms with Crippen molar-refractivity contribution in [2.45, 2.75) is 129 Å². The van der Waals surface area contributed by atoms with Gasteiger partial charge in [0.1, 0.15) is 12.6 Å². The number of quaternary nitrogens is 1. The van der Waals surface area contributed by atoms with E-state index >= 15 is 0 Å². The molecule has 0 spiro atoms. The number of ether oxygens (including phenoxy) is 3. The molecule has 0 aromatic rings. The Balaban J connectivity index is 4.57. The second-order valence-corrected chi connectivity index (χ2v) is 13.0. The molecule has 0 bridgehead atoms. The molecular formula is C41H67NO7. The Hall–Kier alpha value is -3.23. The third kappa shape index (κ3) is 30.6. The smallest absolute Gasteiger partial charge is 0.306 e. The summed E-state index contributed by atoms with van der Waals surface area (Å²) in [5.74, 6) is -1.85. The van der Waals surface area contributed by atoms with Gasteiger partial charge in [0.25, 0.3) is 0 Å². The second kappa shape index (κ2) is 32.0. The Morgan fingerprint density at radius 2 is 1.10 bits per heavy atom. The van der Waals surface area contributed by atoms with Crippen LogP contribution in [0, 0.1) is 0 Å². The molecule has 0 aliphatic carbocycles. The van der Waals surface area contributed by atoms with Gasteiger partial charge >= 0.3 is 11.9 Å². The molecule has 0 aliphatic rings. The standard InChI is InChI=1S/C41H67NO7/c1-6-8-10-12-14-16-18-19-20-22-24-26-28-30-32-40(44)49-37(35-47-34-33-38(41(45)46)42(3,4)5)36-48-39(43)31-29-27-25-23-21-17-15-13-11-9-7-2/h8-11,14-17,19-20,23,25,37-38H,6-7,12-13,18,21-22,24,26-36H2,1-5H3/b10-8+,11-9+,16-14+,17-15+,20-19+,25-23+. The first kappa shape index (κ1) is 45.8. The monoisotopic (exact) mass is 685 g/mol. The summed E-state index contributed by atoms with van der Waals surface area (Å²) in [6.07, 6.45) is 38.0. The van der Waals surface area contributed by atoms with Crippen molar-refractivity contribution in [1.82, 2.24) is 0 Å². The third-order valence-corrected chi connectivity index (χ3v) is 7.59. The number of hydrogen-bond acceptors (Lipinski definition) is 7. The topological polar surface area (TPSA) is 102 Å². The number of likely N-dealkylation sites (N-methyl/N-ethyl adjacent to an activating group) is 1. The minimum Gasteiger partial charge on any atom is -0.544 e. The Morgan fingerprint density at radius 3 is 1.63 bits per heavy atom. The van der Waals surface area contributed by atoms with Crippen molar-refractivity contribution in [1.29, 1.82) is 0 Å². The zero-order chi connectivity index (χ0) is 36.4. The van der Waals surface area contributed by atoms with Gasteiger partial charge in [0, 0.05) is 19.3 Å². The summed E-state index contributed by atoms with van der Waals surface area (Å²) < 4.78 is 17.0. The van der Waals surface area contributed by atoms with E-state index in [2.05, 4.69) is 86.8 Å². The highest BCUT2D eigenvalue weighted by Gasteiger charge is 2.25. The molecule has 2 atom stereocenters. The molecule has 49 heavy (non-hydrogen) atoms. The van der Waals surface area contributed by atoms with Gasteiger partial charge in [-0.05, 0) is 70.6 Å². The van der Waals surface area contributed by atoms with E-state index in [9.17, 15) is 19.5 Å². The van der Waals surface area contributed by atoms with Crippen LogP contribution in [0.15, 0.2) is 72.9 Å². The molecular weight excluding hydrogens is 618 g/mol. The van der Waals surface area contributed by atoms with Crippen LogP contribution in [-0.4, -0.2) is 75.5 Å². The first-order valence-corrected chi connectivity index (χ1v) is 18.5. The van der Waals surface area contributed by atoms with Gasteiger partial charge in [-0.2, -0.15) is 0 Å². The molecule has 0 N–H and O–H groups in total. The van der Waals surface area contributed by atoms with E-state index in [0.717, 1.165) is 77.0 Å². The van der Waals surface area contributed by atoms with E-state index in [1.165, 1.54) is 0 Å². The number of unbranched alkanes of at least 4 members (excludes halogenated alkanes) is 5. The van der Waals surface area contributed by atoms with Gasteiger partial charge in [0.2, 0.25) is 0 Å². The summed E-state index contributed by atoms with van der Waals surface area (Å²) in [6.45, 7) is 4.31. The Labute approximate surface area is 298 Å². The molecule has 0 aliphatic heterocycles. The highest BCUT2D eigenvalue weighted by Crippen LogP contribution is 2.11. The summed E-state index contributed by atoms with van der Waals surface area (Å²) in [5, 5.41) is 11.6. The fourth-order valence-electron chi connectivity index (χ4n) is 4.75. The molecule has 0 heterocycles. The van der Waals surface area contributed by atoms with Crippen molar-refractivity contribution >= 4 is 17.9 Å². The highest BCUT2D eigenvalue weighted by molar-refractivity contribution is 5.70. The quantitative estimate of drug-likeness (QED) is 0.0316. The number of carboxylic acid groups (broad SMARTS) is 1. The predicted octanol–water partition coefficient (Wildman–Crippen LogP) is 7.90. The molecule has 0 amide bonds. The van der Waals surface area contributed by atoms with Crippen LogP contribution in [0.1, 0.15) is 117 Å². The van der Waals surface area contributed by atoms with E-state index in [0.29, 0.717) is 6.42 Å². The fourth-order valence-corrected chi connectivity index (χ4v) is 4.75. The summed E-state index contributed by atoms with van der Waals surface area (Å²) in [5.41, 5.74) is 0. The van der Waals surface area contributed by atoms with Gasteiger partial charge in [-0.25, -0.2) is 0 Å². The summed E-state index contributed by atoms with van der Waals surface area (Å²) >= 11 is 0. The number of carbonyl (C=O) groups excluding carboxylic acids is 3. The molecule has 8 heteroatoms. The second-order valence-electron chi connectivity index (χ2n) is 13.0. The molecule has 0 radical (unpaired) electrons. The molecule has 2 unspecified atom stereocenters. The number of carbonyl (C=O) groups is 3. The average Bonchev–Trinajstić information content (AvgIpc) is 3.05. The van der Waals surface area contributed by atoms with Crippen LogP contribution in [0.25, 0.3) is 0 Å². The van der Waals surface area contributed by atoms with Crippen molar-refractivity contribution in [3.63, 3.8) is 0 Å². The highest BCUT2D eigenvalue weighted by atomic mass is 16.6. The van der Waals surface area contributed by atoms with Crippen molar-refractivity contribution in [3.8, 4) is 0 Å². The van der Waals surface area contributed by atoms with Gasteiger partial charge in [-0.1, -0.05) is 99.6 Å². The molecule has 0 saturated heterocycles. The van der Waals surface area contributed by atoms with E-state index in [1.54, 1.807) is 21.1 Å². The maximum absolute atomic E-state index is 12.6. The molecule has 0 fully saturated rings. The number of allylic oxidation sites excluding steroid dienone is 12. The maximum atomic E-state index is 12.6. The molecule has 0 rings (SSSR count). The summed E-state index contributed by atoms with van der Waals surface area (Å²) in [6, 6.07) is -0.739. The van der Waals surface area contributed by atoms with Crippen molar-refractivity contribution in [2.75, 3.05) is 41.0 Å². The van der Waals surface area contributed by atoms with Crippen molar-refractivity contribution in [3.05, 3.63) is 72.9 Å². The summed E-state index contributed by atoms with van der Waals surface area (Å²) in [7, 11) is 5.36. The Morgan fingerprint density at radius 1 is 0.612 bits per heavy atom. The summed E-state index contributed by atoms with van der Waals surface area (Å²) in [4.78, 5) is 36.6. The number of carboxylic acids is 1. The molecule has 0 aromatic carbocycles. The van der Waals surface area contributed by atoms with Crippen molar-refractivity contribution < 1.29 is 38.2 Å². The van der Waals surface area contributed by atoms with Gasteiger partial charge in [0.15, 0.2) is 6.10 Å². The van der Waals surface area contributed by atoms with Crippen LogP contribution in [0.5, 0.6) is 0 Å². The Bertz CT molecular complexity index is 1030. The number of aliphatic carboxylic acids is 1. The zero-order valence-electron chi connectivity index (χ0n) is 31.3. The lowest BCUT2D eigenvalue weighted by Gasteiger charge is -2.34. The van der Waals surface area contributed by atoms with E-state index in [4.69, 9.17) is 14.2 Å². The van der Waals surface area contributed by atoms with Gasteiger partial charge in [-0.15, -0.1) is 0 Å². The van der Waals surface area contributed by atoms with E-state index in [1.807, 2.05) is 0 Å². The van der Waals surface area contributed by atoms with E-state index in [-0.39, 0.29) is 55.5 Å². The molecule has 0 aromatic heterocycles. The van der Waals surface area contributed by atoms with Gasteiger partial charge in [-0.3, -0.25) is 9.59 Å². The van der Waals surface area contributed by atoms with Crippen LogP contribution in [0.4, 0.5) is 0 Å². The SMILES string of the molecule is CC/C=C/C/C=C/C/C=C/CCCCCCC(=O)OC(COCCC(C(=O)[O-])[N+](C)(C)C)COC(=O)CCC/C=C/C/C=C/C/C=C/CC. The third-order valence-electron chi connectivity index (χ3n) is 7.59. The normalized spacial score (nSPS) is 13.9. The van der Waals surface area contributed by atoms with Crippen LogP contribution in [-0.2, 0) is 28.6 Å². The first-order valence-electron chi connectivity index (χ1n) is 18.5. The van der Waals surface area contributed by atoms with Crippen LogP contribution in [0.3, 0.4) is 0 Å². The molecule has 278 valence electrons. The molecule has 0 saturated carbocycles. The number of esters is 2. The van der Waals surface area contributed by atoms with Crippen LogP contribution < -0.4 is 5.11 Å². The number of rotatable bonds is 31. The maximum Gasteiger partial charge on any atom is 0.306 e. The minimum absolute atomic E-state index is 0.0113. The van der Waals surface area contributed by atoms with Gasteiger partial charge in [0.05, 0.1) is 40.3 Å². The van der Waals surface area contributed by atoms with Crippen LogP contribution in [0.2, 0.25) is 0 Å². The largest absolute Gasteiger partial charge is 0.544 e. The fraction of sp³-hybridized carbons (Fsp3) is 0.634.